The van der Waals surface area contributed by atoms with Crippen molar-refractivity contribution in [1.29, 1.82) is 0 Å². The van der Waals surface area contributed by atoms with Gasteiger partial charge < -0.3 is 14.4 Å². The van der Waals surface area contributed by atoms with E-state index in [1.807, 2.05) is 49.4 Å². The van der Waals surface area contributed by atoms with Gasteiger partial charge in [0.25, 0.3) is 0 Å². The number of nitrogens with zero attached hydrogens (tertiary/aromatic N) is 1. The molecule has 1 atom stereocenters. The molecule has 0 saturated carbocycles. The minimum absolute atomic E-state index is 0.270. The molecule has 1 aromatic heterocycles. The van der Waals surface area contributed by atoms with Crippen molar-refractivity contribution < 1.29 is 14.4 Å². The molecule has 0 aliphatic carbocycles. The van der Waals surface area contributed by atoms with Crippen molar-refractivity contribution in [3.05, 3.63) is 47.3 Å². The van der Waals surface area contributed by atoms with Crippen LogP contribution in [0.25, 0.3) is 12.2 Å². The molecule has 0 aliphatic heterocycles. The molecule has 100 valence electrons. The lowest BCUT2D eigenvalue weighted by atomic mass is 10.2. The molecule has 1 aromatic carbocycles. The van der Waals surface area contributed by atoms with E-state index in [4.69, 9.17) is 9.26 Å². The van der Waals surface area contributed by atoms with Gasteiger partial charge in [-0.25, -0.2) is 0 Å². The number of hydrogen-bond acceptors (Lipinski definition) is 4. The molecule has 0 saturated heterocycles. The first-order chi connectivity index (χ1) is 9.15. The summed E-state index contributed by atoms with van der Waals surface area (Å²) in [6, 6.07) is 9.49. The fraction of sp³-hybridized carbons (Fsp3) is 0.267. The molecule has 2 aromatic rings. The summed E-state index contributed by atoms with van der Waals surface area (Å²) in [5.41, 5.74) is 1.77. The average Bonchev–Trinajstić information content (AvgIpc) is 2.80. The molecule has 1 unspecified atom stereocenters. The molecule has 2 rings (SSSR count). The van der Waals surface area contributed by atoms with Crippen molar-refractivity contribution in [1.82, 2.24) is 5.16 Å². The number of ether oxygens (including phenoxy) is 1. The third-order valence-electron chi connectivity index (χ3n) is 2.47. The molecule has 1 N–H and O–H groups in total. The van der Waals surface area contributed by atoms with Gasteiger partial charge in [0.15, 0.2) is 5.76 Å². The zero-order valence-corrected chi connectivity index (χ0v) is 11.0. The highest BCUT2D eigenvalue weighted by molar-refractivity contribution is 5.70. The molecule has 19 heavy (non-hydrogen) atoms. The van der Waals surface area contributed by atoms with Gasteiger partial charge >= 0.3 is 0 Å². The predicted molar refractivity (Wildman–Crippen MR) is 73.8 cm³/mol. The Kier molecular flexibility index (Phi) is 4.36. The fourth-order valence-corrected chi connectivity index (χ4v) is 1.59. The third-order valence-corrected chi connectivity index (χ3v) is 2.47. The van der Waals surface area contributed by atoms with Gasteiger partial charge in [-0.3, -0.25) is 0 Å². The summed E-state index contributed by atoms with van der Waals surface area (Å²) in [6.45, 7) is 3.84. The van der Waals surface area contributed by atoms with Crippen molar-refractivity contribution in [2.45, 2.75) is 20.0 Å². The summed E-state index contributed by atoms with van der Waals surface area (Å²) >= 11 is 0. The molecule has 0 amide bonds. The van der Waals surface area contributed by atoms with Crippen LogP contribution in [0.2, 0.25) is 0 Å². The zero-order valence-electron chi connectivity index (χ0n) is 11.0. The second-order valence-electron chi connectivity index (χ2n) is 4.40. The van der Waals surface area contributed by atoms with Crippen LogP contribution >= 0.6 is 0 Å². The molecule has 0 fully saturated rings. The number of aliphatic hydroxyl groups is 1. The Hall–Kier alpha value is -2.07. The topological polar surface area (TPSA) is 55.5 Å². The van der Waals surface area contributed by atoms with E-state index in [0.29, 0.717) is 5.76 Å². The molecular formula is C15H17NO3. The van der Waals surface area contributed by atoms with Gasteiger partial charge in [-0.05, 0) is 32.1 Å². The van der Waals surface area contributed by atoms with E-state index in [2.05, 4.69) is 5.16 Å². The molecule has 4 nitrogen and oxygen atoms in total. The van der Waals surface area contributed by atoms with Crippen LogP contribution in [-0.4, -0.2) is 23.0 Å². The Labute approximate surface area is 112 Å². The smallest absolute Gasteiger partial charge is 0.159 e. The minimum atomic E-state index is -0.492. The van der Waals surface area contributed by atoms with Gasteiger partial charge in [-0.2, -0.15) is 0 Å². The number of aliphatic hydroxyl groups excluding tert-OH is 1. The van der Waals surface area contributed by atoms with Gasteiger partial charge in [-0.1, -0.05) is 23.4 Å². The minimum Gasteiger partial charge on any atom is -0.490 e. The quantitative estimate of drug-likeness (QED) is 0.897. The summed E-state index contributed by atoms with van der Waals surface area (Å²) in [4.78, 5) is 0. The van der Waals surface area contributed by atoms with E-state index < -0.39 is 6.10 Å². The van der Waals surface area contributed by atoms with Crippen LogP contribution in [-0.2, 0) is 0 Å². The summed E-state index contributed by atoms with van der Waals surface area (Å²) in [6.07, 6.45) is 3.25. The van der Waals surface area contributed by atoms with Crippen LogP contribution in [0.1, 0.15) is 23.9 Å². The van der Waals surface area contributed by atoms with E-state index in [1.54, 1.807) is 6.92 Å². The number of rotatable bonds is 5. The van der Waals surface area contributed by atoms with Crippen LogP contribution in [0.5, 0.6) is 5.75 Å². The lowest BCUT2D eigenvalue weighted by Gasteiger charge is -2.10. The van der Waals surface area contributed by atoms with Gasteiger partial charge in [0, 0.05) is 11.6 Å². The van der Waals surface area contributed by atoms with Gasteiger partial charge in [0.1, 0.15) is 12.4 Å². The van der Waals surface area contributed by atoms with E-state index in [0.717, 1.165) is 17.0 Å². The van der Waals surface area contributed by atoms with Crippen LogP contribution in [0, 0.1) is 6.92 Å². The lowest BCUT2D eigenvalue weighted by Crippen LogP contribution is -2.13. The van der Waals surface area contributed by atoms with E-state index in [9.17, 15) is 5.11 Å². The van der Waals surface area contributed by atoms with Crippen LogP contribution in [0.3, 0.4) is 0 Å². The number of benzene rings is 1. The maximum Gasteiger partial charge on any atom is 0.159 e. The summed E-state index contributed by atoms with van der Waals surface area (Å²) < 4.78 is 10.7. The van der Waals surface area contributed by atoms with Crippen LogP contribution in [0.15, 0.2) is 34.9 Å². The van der Waals surface area contributed by atoms with Crippen molar-refractivity contribution in [3.63, 3.8) is 0 Å². The molecule has 0 bridgehead atoms. The highest BCUT2D eigenvalue weighted by Crippen LogP contribution is 2.21. The Morgan fingerprint density at radius 1 is 1.37 bits per heavy atom. The maximum atomic E-state index is 9.25. The molecule has 0 spiro atoms. The monoisotopic (exact) mass is 259 g/mol. The highest BCUT2D eigenvalue weighted by atomic mass is 16.5. The van der Waals surface area contributed by atoms with Crippen LogP contribution in [0.4, 0.5) is 0 Å². The van der Waals surface area contributed by atoms with Crippen molar-refractivity contribution >= 4 is 12.2 Å². The van der Waals surface area contributed by atoms with Gasteiger partial charge in [0.2, 0.25) is 0 Å². The Morgan fingerprint density at radius 2 is 2.16 bits per heavy atom. The van der Waals surface area contributed by atoms with E-state index in [-0.39, 0.29) is 6.61 Å². The second kappa shape index (κ2) is 6.20. The Bertz CT molecular complexity index is 558. The SMILES string of the molecule is Cc1cc(C=Cc2ccccc2OCC(C)O)on1. The van der Waals surface area contributed by atoms with E-state index >= 15 is 0 Å². The summed E-state index contributed by atoms with van der Waals surface area (Å²) in [5.74, 6) is 1.43. The van der Waals surface area contributed by atoms with Crippen molar-refractivity contribution in [2.24, 2.45) is 0 Å². The third kappa shape index (κ3) is 3.96. The Morgan fingerprint density at radius 3 is 2.84 bits per heavy atom. The number of para-hydroxylation sites is 1. The summed E-state index contributed by atoms with van der Waals surface area (Å²) in [7, 11) is 0. The molecule has 0 radical (unpaired) electrons. The zero-order chi connectivity index (χ0) is 13.7. The van der Waals surface area contributed by atoms with Crippen molar-refractivity contribution in [2.75, 3.05) is 6.61 Å². The molecule has 1 heterocycles. The summed E-state index contributed by atoms with van der Waals surface area (Å²) in [5, 5.41) is 13.1. The first kappa shape index (κ1) is 13.4. The number of aryl methyl sites for hydroxylation is 1. The maximum absolute atomic E-state index is 9.25. The largest absolute Gasteiger partial charge is 0.490 e. The number of aromatic nitrogens is 1. The van der Waals surface area contributed by atoms with Gasteiger partial charge in [0.05, 0.1) is 11.8 Å². The Balaban J connectivity index is 2.13. The van der Waals surface area contributed by atoms with Gasteiger partial charge in [-0.15, -0.1) is 0 Å². The van der Waals surface area contributed by atoms with E-state index in [1.165, 1.54) is 0 Å². The second-order valence-corrected chi connectivity index (χ2v) is 4.40. The predicted octanol–water partition coefficient (Wildman–Crippen LogP) is 2.91. The highest BCUT2D eigenvalue weighted by Gasteiger charge is 2.02. The first-order valence-electron chi connectivity index (χ1n) is 6.16. The fourth-order valence-electron chi connectivity index (χ4n) is 1.59. The standard InChI is InChI=1S/C15H17NO3/c1-11-9-14(19-16-11)8-7-13-5-3-4-6-15(13)18-10-12(2)17/h3-9,12,17H,10H2,1-2H3. The molecule has 4 heteroatoms. The van der Waals surface area contributed by atoms with Crippen molar-refractivity contribution in [3.8, 4) is 5.75 Å². The normalized spacial score (nSPS) is 12.8. The number of hydrogen-bond donors (Lipinski definition) is 1. The van der Waals surface area contributed by atoms with Crippen LogP contribution < -0.4 is 4.74 Å². The lowest BCUT2D eigenvalue weighted by molar-refractivity contribution is 0.122. The molecule has 0 aliphatic rings. The first-order valence-corrected chi connectivity index (χ1v) is 6.16. The molecular weight excluding hydrogens is 242 g/mol. The average molecular weight is 259 g/mol.